The molecule has 13 heavy (non-hydrogen) atoms. The third-order valence-electron chi connectivity index (χ3n) is 1.83. The molecular weight excluding hydrogens is 250 g/mol. The molecule has 1 rings (SSSR count). The molecule has 0 bridgehead atoms. The molecule has 4 heteroatoms. The van der Waals surface area contributed by atoms with Crippen LogP contribution in [0.4, 0.5) is 0 Å². The molecule has 0 fully saturated rings. The van der Waals surface area contributed by atoms with E-state index in [-0.39, 0.29) is 5.25 Å². The van der Waals surface area contributed by atoms with Gasteiger partial charge in [0.05, 0.1) is 9.73 Å². The van der Waals surface area contributed by atoms with Crippen molar-refractivity contribution in [3.05, 3.63) is 28.7 Å². The second-order valence-electron chi connectivity index (χ2n) is 3.10. The molecule has 72 valence electrons. The van der Waals surface area contributed by atoms with Crippen LogP contribution in [0.1, 0.15) is 13.8 Å². The number of halogens is 1. The van der Waals surface area contributed by atoms with Crippen LogP contribution in [0.3, 0.4) is 0 Å². The van der Waals surface area contributed by atoms with Gasteiger partial charge in [-0.1, -0.05) is 15.9 Å². The summed E-state index contributed by atoms with van der Waals surface area (Å²) in [7, 11) is -2.61. The van der Waals surface area contributed by atoms with Gasteiger partial charge in [0.2, 0.25) is 0 Å². The fraction of sp³-hybridized carbons (Fsp3) is 0.333. The van der Waals surface area contributed by atoms with E-state index in [1.807, 2.05) is 12.1 Å². The van der Waals surface area contributed by atoms with E-state index in [2.05, 4.69) is 15.9 Å². The van der Waals surface area contributed by atoms with Gasteiger partial charge in [0.1, 0.15) is 0 Å². The van der Waals surface area contributed by atoms with E-state index in [4.69, 9.17) is 4.78 Å². The highest BCUT2D eigenvalue weighted by atomic mass is 79.9. The maximum atomic E-state index is 11.9. The minimum atomic E-state index is -2.61. The van der Waals surface area contributed by atoms with Crippen LogP contribution in [0, 0.1) is 4.78 Å². The van der Waals surface area contributed by atoms with Crippen molar-refractivity contribution in [3.8, 4) is 0 Å². The Kier molecular flexibility index (Phi) is 3.14. The Balaban J connectivity index is 3.17. The monoisotopic (exact) mass is 261 g/mol. The van der Waals surface area contributed by atoms with Crippen LogP contribution in [-0.2, 0) is 9.73 Å². The molecule has 1 aromatic carbocycles. The summed E-state index contributed by atoms with van der Waals surface area (Å²) in [5, 5.41) is -0.145. The van der Waals surface area contributed by atoms with Crippen LogP contribution in [0.5, 0.6) is 0 Å². The Morgan fingerprint density at radius 2 is 1.77 bits per heavy atom. The standard InChI is InChI=1S/C9H12BrNOS/c1-7(2)13(11,12)9-5-3-8(10)4-6-9/h3-7,11H,1-2H3. The lowest BCUT2D eigenvalue weighted by molar-refractivity contribution is 0.667. The SMILES string of the molecule is CC(C)S(=N)(=O)c1ccc(Br)cc1. The third-order valence-corrected chi connectivity index (χ3v) is 4.66. The van der Waals surface area contributed by atoms with E-state index in [9.17, 15) is 4.21 Å². The van der Waals surface area contributed by atoms with Crippen molar-refractivity contribution in [1.82, 2.24) is 0 Å². The number of hydrogen-bond donors (Lipinski definition) is 1. The topological polar surface area (TPSA) is 40.9 Å². The largest absolute Gasteiger partial charge is 0.249 e. The zero-order chi connectivity index (χ0) is 10.1. The molecule has 0 aliphatic rings. The summed E-state index contributed by atoms with van der Waals surface area (Å²) >= 11 is 3.30. The van der Waals surface area contributed by atoms with E-state index in [1.165, 1.54) is 0 Å². The fourth-order valence-corrected chi connectivity index (χ4v) is 2.26. The highest BCUT2D eigenvalue weighted by Gasteiger charge is 2.13. The predicted octanol–water partition coefficient (Wildman–Crippen LogP) is 3.26. The molecule has 0 saturated carbocycles. The van der Waals surface area contributed by atoms with Crippen LogP contribution in [0.2, 0.25) is 0 Å². The summed E-state index contributed by atoms with van der Waals surface area (Å²) in [5.41, 5.74) is 0. The maximum Gasteiger partial charge on any atom is 0.0749 e. The Morgan fingerprint density at radius 3 is 2.15 bits per heavy atom. The summed E-state index contributed by atoms with van der Waals surface area (Å²) < 4.78 is 20.5. The Bertz CT molecular complexity index is 381. The number of hydrogen-bond acceptors (Lipinski definition) is 2. The zero-order valence-electron chi connectivity index (χ0n) is 7.58. The van der Waals surface area contributed by atoms with Gasteiger partial charge in [-0.05, 0) is 38.1 Å². The molecule has 0 saturated heterocycles. The van der Waals surface area contributed by atoms with Crippen LogP contribution in [0.15, 0.2) is 33.6 Å². The smallest absolute Gasteiger partial charge is 0.0749 e. The van der Waals surface area contributed by atoms with E-state index in [0.717, 1.165) is 4.47 Å². The summed E-state index contributed by atoms with van der Waals surface area (Å²) in [5.74, 6) is 0. The second-order valence-corrected chi connectivity index (χ2v) is 6.63. The van der Waals surface area contributed by atoms with E-state index >= 15 is 0 Å². The van der Waals surface area contributed by atoms with Gasteiger partial charge in [-0.25, -0.2) is 8.99 Å². The van der Waals surface area contributed by atoms with E-state index in [1.54, 1.807) is 26.0 Å². The highest BCUT2D eigenvalue weighted by Crippen LogP contribution is 2.19. The molecule has 0 spiro atoms. The maximum absolute atomic E-state index is 11.9. The molecule has 0 amide bonds. The van der Waals surface area contributed by atoms with Gasteiger partial charge >= 0.3 is 0 Å². The van der Waals surface area contributed by atoms with E-state index < -0.39 is 9.73 Å². The average Bonchev–Trinajstić information content (AvgIpc) is 2.04. The molecular formula is C9H12BrNOS. The Hall–Kier alpha value is -0.350. The van der Waals surface area contributed by atoms with Gasteiger partial charge < -0.3 is 0 Å². The number of rotatable bonds is 2. The summed E-state index contributed by atoms with van der Waals surface area (Å²) in [6.07, 6.45) is 0. The average molecular weight is 262 g/mol. The first-order valence-electron chi connectivity index (χ1n) is 3.98. The van der Waals surface area contributed by atoms with Crippen LogP contribution >= 0.6 is 15.9 Å². The molecule has 1 unspecified atom stereocenters. The van der Waals surface area contributed by atoms with Gasteiger partial charge in [-0.3, -0.25) is 0 Å². The minimum absolute atomic E-state index is 0.145. The quantitative estimate of drug-likeness (QED) is 0.873. The van der Waals surface area contributed by atoms with Crippen LogP contribution in [-0.4, -0.2) is 9.46 Å². The molecule has 2 nitrogen and oxygen atoms in total. The summed E-state index contributed by atoms with van der Waals surface area (Å²) in [6, 6.07) is 7.09. The molecule has 1 aromatic rings. The summed E-state index contributed by atoms with van der Waals surface area (Å²) in [4.78, 5) is 0.603. The molecule has 0 heterocycles. The lowest BCUT2D eigenvalue weighted by Crippen LogP contribution is -2.11. The first-order valence-corrected chi connectivity index (χ1v) is 6.39. The number of benzene rings is 1. The zero-order valence-corrected chi connectivity index (χ0v) is 9.98. The van der Waals surface area contributed by atoms with Crippen molar-refractivity contribution in [2.75, 3.05) is 0 Å². The van der Waals surface area contributed by atoms with Crippen LogP contribution < -0.4 is 0 Å². The van der Waals surface area contributed by atoms with Gasteiger partial charge in [-0.2, -0.15) is 0 Å². The van der Waals surface area contributed by atoms with Gasteiger partial charge in [0.25, 0.3) is 0 Å². The normalized spacial score (nSPS) is 15.7. The van der Waals surface area contributed by atoms with Crippen molar-refractivity contribution in [2.24, 2.45) is 0 Å². The first kappa shape index (κ1) is 10.7. The minimum Gasteiger partial charge on any atom is -0.249 e. The molecule has 0 aliphatic carbocycles. The third kappa shape index (κ3) is 2.31. The molecule has 0 aliphatic heterocycles. The lowest BCUT2D eigenvalue weighted by atomic mass is 10.4. The van der Waals surface area contributed by atoms with Gasteiger partial charge in [0, 0.05) is 14.6 Å². The lowest BCUT2D eigenvalue weighted by Gasteiger charge is -2.10. The van der Waals surface area contributed by atoms with Gasteiger partial charge in [-0.15, -0.1) is 0 Å². The summed E-state index contributed by atoms with van der Waals surface area (Å²) in [6.45, 7) is 3.61. The first-order chi connectivity index (χ1) is 5.94. The Labute approximate surface area is 87.5 Å². The highest BCUT2D eigenvalue weighted by molar-refractivity contribution is 9.10. The van der Waals surface area contributed by atoms with Gasteiger partial charge in [0.15, 0.2) is 0 Å². The molecule has 0 radical (unpaired) electrons. The molecule has 1 N–H and O–H groups in total. The van der Waals surface area contributed by atoms with Crippen molar-refractivity contribution >= 4 is 25.7 Å². The second kappa shape index (κ2) is 3.80. The van der Waals surface area contributed by atoms with E-state index in [0.29, 0.717) is 4.90 Å². The van der Waals surface area contributed by atoms with Crippen molar-refractivity contribution in [1.29, 1.82) is 4.78 Å². The predicted molar refractivity (Wildman–Crippen MR) is 58.4 cm³/mol. The van der Waals surface area contributed by atoms with Crippen molar-refractivity contribution in [3.63, 3.8) is 0 Å². The number of nitrogens with one attached hydrogen (secondary N) is 1. The molecule has 1 atom stereocenters. The Morgan fingerprint density at radius 1 is 1.31 bits per heavy atom. The van der Waals surface area contributed by atoms with Crippen molar-refractivity contribution < 1.29 is 4.21 Å². The van der Waals surface area contributed by atoms with Crippen LogP contribution in [0.25, 0.3) is 0 Å². The molecule has 0 aromatic heterocycles. The fourth-order valence-electron chi connectivity index (χ4n) is 0.909. The van der Waals surface area contributed by atoms with Crippen molar-refractivity contribution in [2.45, 2.75) is 24.0 Å².